The molecule has 0 spiro atoms. The number of fused-ring (bicyclic) bond motifs is 3. The van der Waals surface area contributed by atoms with Crippen molar-refractivity contribution in [2.45, 2.75) is 75.5 Å². The Balaban J connectivity index is 1.52. The molecule has 2 saturated heterocycles. The van der Waals surface area contributed by atoms with Gasteiger partial charge in [-0.3, -0.25) is 9.69 Å². The van der Waals surface area contributed by atoms with Crippen LogP contribution in [-0.2, 0) is 0 Å². The summed E-state index contributed by atoms with van der Waals surface area (Å²) in [5, 5.41) is 9.51. The minimum Gasteiger partial charge on any atom is -0.476 e. The number of carboxylic acid groups (broad SMARTS) is 1. The lowest BCUT2D eigenvalue weighted by molar-refractivity contribution is 0.0681. The van der Waals surface area contributed by atoms with Gasteiger partial charge in [-0.15, -0.1) is 0 Å². The number of aromatic carboxylic acids is 1. The van der Waals surface area contributed by atoms with Gasteiger partial charge in [0.1, 0.15) is 0 Å². The van der Waals surface area contributed by atoms with E-state index in [1.54, 1.807) is 10.6 Å². The van der Waals surface area contributed by atoms with Crippen molar-refractivity contribution in [3.8, 4) is 0 Å². The van der Waals surface area contributed by atoms with Gasteiger partial charge in [0.15, 0.2) is 0 Å². The van der Waals surface area contributed by atoms with E-state index in [4.69, 9.17) is 0 Å². The van der Waals surface area contributed by atoms with Crippen LogP contribution in [0.5, 0.6) is 0 Å². The van der Waals surface area contributed by atoms with E-state index in [0.29, 0.717) is 23.6 Å². The van der Waals surface area contributed by atoms with Gasteiger partial charge >= 0.3 is 5.97 Å². The van der Waals surface area contributed by atoms with Crippen molar-refractivity contribution in [2.75, 3.05) is 0 Å². The van der Waals surface area contributed by atoms with Gasteiger partial charge < -0.3 is 9.67 Å². The molecule has 3 heterocycles. The van der Waals surface area contributed by atoms with Gasteiger partial charge in [0, 0.05) is 24.2 Å². The molecule has 3 unspecified atom stereocenters. The molecular weight excluding hydrogens is 366 g/mol. The van der Waals surface area contributed by atoms with Gasteiger partial charge in [0.05, 0.1) is 11.0 Å². The number of aromatic nitrogens is 2. The molecule has 1 N–H and O–H groups in total. The summed E-state index contributed by atoms with van der Waals surface area (Å²) in [4.78, 5) is 31.6. The van der Waals surface area contributed by atoms with Crippen molar-refractivity contribution in [2.24, 2.45) is 0 Å². The standard InChI is InChI=1S/C23H27N3O3/c27-22-21(23(28)29)24-19-9-5-6-10-20(19)26(22)18-13-16-11-12-17(14-18)25(16)15-7-3-1-2-4-8-15/h3,5-7,9-10,15-18H,1-2,4,8,11-14H2,(H,28,29). The molecule has 2 aromatic rings. The molecule has 0 radical (unpaired) electrons. The molecule has 5 rings (SSSR count). The minimum absolute atomic E-state index is 0.0250. The van der Waals surface area contributed by atoms with Crippen LogP contribution in [0.3, 0.4) is 0 Å². The Bertz CT molecular complexity index is 1010. The molecule has 2 bridgehead atoms. The van der Waals surface area contributed by atoms with E-state index in [1.165, 1.54) is 25.7 Å². The first-order valence-corrected chi connectivity index (χ1v) is 10.8. The molecule has 1 aromatic heterocycles. The Morgan fingerprint density at radius 1 is 1.03 bits per heavy atom. The fraction of sp³-hybridized carbons (Fsp3) is 0.522. The van der Waals surface area contributed by atoms with Gasteiger partial charge in [-0.1, -0.05) is 30.7 Å². The van der Waals surface area contributed by atoms with E-state index in [2.05, 4.69) is 22.0 Å². The first-order chi connectivity index (χ1) is 14.1. The number of carboxylic acids is 1. The molecule has 6 heteroatoms. The molecule has 0 saturated carbocycles. The Hall–Kier alpha value is -2.47. The predicted octanol–water partition coefficient (Wildman–Crippen LogP) is 3.76. The lowest BCUT2D eigenvalue weighted by atomic mass is 9.93. The third-order valence-electron chi connectivity index (χ3n) is 6.99. The summed E-state index contributed by atoms with van der Waals surface area (Å²) < 4.78 is 1.73. The molecule has 3 atom stereocenters. The van der Waals surface area contributed by atoms with Gasteiger partial charge in [0.2, 0.25) is 5.69 Å². The highest BCUT2D eigenvalue weighted by Crippen LogP contribution is 2.43. The van der Waals surface area contributed by atoms with Crippen LogP contribution in [0.1, 0.15) is 67.9 Å². The highest BCUT2D eigenvalue weighted by molar-refractivity contribution is 5.88. The van der Waals surface area contributed by atoms with Crippen LogP contribution in [0.4, 0.5) is 0 Å². The highest BCUT2D eigenvalue weighted by atomic mass is 16.4. The summed E-state index contributed by atoms with van der Waals surface area (Å²) in [6, 6.07) is 8.85. The Morgan fingerprint density at radius 3 is 2.55 bits per heavy atom. The highest BCUT2D eigenvalue weighted by Gasteiger charge is 2.44. The second-order valence-corrected chi connectivity index (χ2v) is 8.67. The van der Waals surface area contributed by atoms with Crippen molar-refractivity contribution < 1.29 is 9.90 Å². The average Bonchev–Trinajstić information content (AvgIpc) is 2.91. The molecule has 3 aliphatic rings. The van der Waals surface area contributed by atoms with E-state index in [0.717, 1.165) is 31.2 Å². The molecule has 1 aromatic carbocycles. The number of benzene rings is 1. The second-order valence-electron chi connectivity index (χ2n) is 8.67. The van der Waals surface area contributed by atoms with Crippen LogP contribution in [-0.4, -0.2) is 43.7 Å². The third kappa shape index (κ3) is 3.19. The van der Waals surface area contributed by atoms with Crippen molar-refractivity contribution in [1.82, 2.24) is 14.5 Å². The SMILES string of the molecule is O=C(O)c1nc2ccccc2n(C2CC3CCC(C2)N3C2C=CCCCC2)c1=O. The van der Waals surface area contributed by atoms with Gasteiger partial charge in [-0.2, -0.15) is 0 Å². The van der Waals surface area contributed by atoms with Crippen molar-refractivity contribution in [3.63, 3.8) is 0 Å². The third-order valence-corrected chi connectivity index (χ3v) is 6.99. The summed E-state index contributed by atoms with van der Waals surface area (Å²) >= 11 is 0. The summed E-state index contributed by atoms with van der Waals surface area (Å²) in [6.07, 6.45) is 13.8. The van der Waals surface area contributed by atoms with Gasteiger partial charge in [0.25, 0.3) is 5.56 Å². The van der Waals surface area contributed by atoms with E-state index >= 15 is 0 Å². The number of carbonyl (C=O) groups is 1. The number of hydrogen-bond donors (Lipinski definition) is 1. The monoisotopic (exact) mass is 393 g/mol. The molecule has 0 amide bonds. The van der Waals surface area contributed by atoms with E-state index < -0.39 is 11.5 Å². The Labute approximate surface area is 169 Å². The Kier molecular flexibility index (Phi) is 4.74. The molecule has 2 aliphatic heterocycles. The summed E-state index contributed by atoms with van der Waals surface area (Å²) in [6.45, 7) is 0. The number of hydrogen-bond acceptors (Lipinski definition) is 4. The molecule has 1 aliphatic carbocycles. The number of rotatable bonds is 3. The second kappa shape index (κ2) is 7.41. The predicted molar refractivity (Wildman–Crippen MR) is 111 cm³/mol. The van der Waals surface area contributed by atoms with Gasteiger partial charge in [-0.05, 0) is 57.1 Å². The topological polar surface area (TPSA) is 75.4 Å². The maximum Gasteiger partial charge on any atom is 0.360 e. The maximum absolute atomic E-state index is 13.1. The number of allylic oxidation sites excluding steroid dienone is 1. The number of para-hydroxylation sites is 2. The van der Waals surface area contributed by atoms with Crippen molar-refractivity contribution in [1.29, 1.82) is 0 Å². The summed E-state index contributed by atoms with van der Waals surface area (Å²) in [5.74, 6) is -1.25. The van der Waals surface area contributed by atoms with Crippen LogP contribution in [0, 0.1) is 0 Å². The largest absolute Gasteiger partial charge is 0.476 e. The van der Waals surface area contributed by atoms with Crippen LogP contribution in [0.25, 0.3) is 11.0 Å². The lowest BCUT2D eigenvalue weighted by Crippen LogP contribution is -2.49. The molecule has 152 valence electrons. The summed E-state index contributed by atoms with van der Waals surface area (Å²) in [7, 11) is 0. The lowest BCUT2D eigenvalue weighted by Gasteiger charge is -2.43. The zero-order chi connectivity index (χ0) is 20.0. The minimum atomic E-state index is -1.25. The maximum atomic E-state index is 13.1. The zero-order valence-electron chi connectivity index (χ0n) is 16.5. The normalized spacial score (nSPS) is 29.8. The zero-order valence-corrected chi connectivity index (χ0v) is 16.5. The van der Waals surface area contributed by atoms with E-state index in [9.17, 15) is 14.7 Å². The fourth-order valence-electron chi connectivity index (χ4n) is 5.81. The molecule has 6 nitrogen and oxygen atoms in total. The van der Waals surface area contributed by atoms with Crippen LogP contribution < -0.4 is 5.56 Å². The summed E-state index contributed by atoms with van der Waals surface area (Å²) in [5.41, 5.74) is 0.481. The Morgan fingerprint density at radius 2 is 1.79 bits per heavy atom. The van der Waals surface area contributed by atoms with Crippen molar-refractivity contribution in [3.05, 3.63) is 52.5 Å². The van der Waals surface area contributed by atoms with Crippen LogP contribution >= 0.6 is 0 Å². The number of nitrogens with zero attached hydrogens (tertiary/aromatic N) is 3. The molecular formula is C23H27N3O3. The number of piperidine rings is 1. The molecule has 2 fully saturated rings. The van der Waals surface area contributed by atoms with E-state index in [1.807, 2.05) is 18.2 Å². The van der Waals surface area contributed by atoms with E-state index in [-0.39, 0.29) is 11.7 Å². The average molecular weight is 393 g/mol. The molecule has 29 heavy (non-hydrogen) atoms. The first kappa shape index (κ1) is 18.6. The van der Waals surface area contributed by atoms with Crippen molar-refractivity contribution >= 4 is 17.0 Å². The fourth-order valence-corrected chi connectivity index (χ4v) is 5.81. The quantitative estimate of drug-likeness (QED) is 0.804. The van der Waals surface area contributed by atoms with Crippen LogP contribution in [0.15, 0.2) is 41.2 Å². The van der Waals surface area contributed by atoms with Gasteiger partial charge in [-0.25, -0.2) is 9.78 Å². The first-order valence-electron chi connectivity index (χ1n) is 10.8. The van der Waals surface area contributed by atoms with Crippen LogP contribution in [0.2, 0.25) is 0 Å². The smallest absolute Gasteiger partial charge is 0.360 e.